The van der Waals surface area contributed by atoms with Crippen molar-refractivity contribution < 1.29 is 19.1 Å². The SMILES string of the molecule is COc1cc(N2CCOCC2)ccc1/C=C1\NC(=O)N(Cc2ccc(Cl)cc2)C1=O. The van der Waals surface area contributed by atoms with Gasteiger partial charge in [0.25, 0.3) is 5.91 Å². The second-order valence-corrected chi connectivity index (χ2v) is 7.47. The zero-order valence-electron chi connectivity index (χ0n) is 16.6. The van der Waals surface area contributed by atoms with Gasteiger partial charge in [0.2, 0.25) is 0 Å². The van der Waals surface area contributed by atoms with E-state index in [1.807, 2.05) is 18.2 Å². The molecule has 8 heteroatoms. The van der Waals surface area contributed by atoms with E-state index in [0.717, 1.165) is 24.3 Å². The summed E-state index contributed by atoms with van der Waals surface area (Å²) in [6.07, 6.45) is 1.64. The molecule has 0 aliphatic carbocycles. The van der Waals surface area contributed by atoms with Crippen molar-refractivity contribution in [1.82, 2.24) is 10.2 Å². The number of benzene rings is 2. The molecular formula is C22H22ClN3O4. The summed E-state index contributed by atoms with van der Waals surface area (Å²) >= 11 is 5.90. The van der Waals surface area contributed by atoms with E-state index in [1.165, 1.54) is 4.90 Å². The maximum Gasteiger partial charge on any atom is 0.329 e. The van der Waals surface area contributed by atoms with Gasteiger partial charge in [-0.2, -0.15) is 0 Å². The minimum atomic E-state index is -0.454. The number of halogens is 1. The van der Waals surface area contributed by atoms with Gasteiger partial charge in [0.1, 0.15) is 11.4 Å². The molecule has 0 atom stereocenters. The summed E-state index contributed by atoms with van der Waals surface area (Å²) in [5.74, 6) is 0.249. The molecule has 0 aromatic heterocycles. The van der Waals surface area contributed by atoms with Crippen LogP contribution in [0.5, 0.6) is 5.75 Å². The third-order valence-corrected chi connectivity index (χ3v) is 5.36. The Bertz CT molecular complexity index is 984. The molecule has 0 radical (unpaired) electrons. The fourth-order valence-corrected chi connectivity index (χ4v) is 3.61. The highest BCUT2D eigenvalue weighted by Crippen LogP contribution is 2.29. The summed E-state index contributed by atoms with van der Waals surface area (Å²) in [4.78, 5) is 28.5. The lowest BCUT2D eigenvalue weighted by molar-refractivity contribution is -0.123. The van der Waals surface area contributed by atoms with Gasteiger partial charge in [-0.3, -0.25) is 9.69 Å². The lowest BCUT2D eigenvalue weighted by Gasteiger charge is -2.29. The number of hydrogen-bond acceptors (Lipinski definition) is 5. The van der Waals surface area contributed by atoms with Crippen LogP contribution in [0, 0.1) is 0 Å². The molecule has 1 N–H and O–H groups in total. The first-order valence-corrected chi connectivity index (χ1v) is 10.0. The standard InChI is InChI=1S/C22H22ClN3O4/c1-29-20-13-18(25-8-10-30-11-9-25)7-4-16(20)12-19-21(27)26(22(28)24-19)14-15-2-5-17(23)6-3-15/h2-7,12-13H,8-11,14H2,1H3,(H,24,28)/b19-12-. The summed E-state index contributed by atoms with van der Waals surface area (Å²) in [5.41, 5.74) is 2.78. The van der Waals surface area contributed by atoms with Crippen LogP contribution >= 0.6 is 11.6 Å². The molecule has 4 rings (SSSR count). The number of ether oxygens (including phenoxy) is 2. The number of amides is 3. The Hall–Kier alpha value is -3.03. The zero-order valence-corrected chi connectivity index (χ0v) is 17.3. The molecule has 0 bridgehead atoms. The Labute approximate surface area is 179 Å². The van der Waals surface area contributed by atoms with E-state index in [1.54, 1.807) is 37.5 Å². The number of anilines is 1. The smallest absolute Gasteiger partial charge is 0.329 e. The van der Waals surface area contributed by atoms with Crippen LogP contribution in [-0.4, -0.2) is 50.3 Å². The lowest BCUT2D eigenvalue weighted by Crippen LogP contribution is -2.36. The first-order chi connectivity index (χ1) is 14.5. The van der Waals surface area contributed by atoms with Gasteiger partial charge >= 0.3 is 6.03 Å². The zero-order chi connectivity index (χ0) is 21.1. The van der Waals surface area contributed by atoms with Gasteiger partial charge in [0, 0.05) is 35.4 Å². The van der Waals surface area contributed by atoms with Crippen molar-refractivity contribution >= 4 is 35.3 Å². The van der Waals surface area contributed by atoms with Gasteiger partial charge in [-0.1, -0.05) is 23.7 Å². The Morgan fingerprint density at radius 1 is 1.13 bits per heavy atom. The number of urea groups is 1. The molecule has 2 aromatic carbocycles. The Kier molecular flexibility index (Phi) is 5.92. The second kappa shape index (κ2) is 8.77. The Balaban J connectivity index is 1.54. The number of nitrogens with zero attached hydrogens (tertiary/aromatic N) is 2. The first-order valence-electron chi connectivity index (χ1n) is 9.65. The molecule has 2 aromatic rings. The van der Waals surface area contributed by atoms with E-state index in [4.69, 9.17) is 21.1 Å². The molecule has 2 fully saturated rings. The number of morpholine rings is 1. The van der Waals surface area contributed by atoms with E-state index in [0.29, 0.717) is 29.5 Å². The minimum Gasteiger partial charge on any atom is -0.496 e. The van der Waals surface area contributed by atoms with Crippen LogP contribution in [0.3, 0.4) is 0 Å². The number of methoxy groups -OCH3 is 1. The van der Waals surface area contributed by atoms with Crippen molar-refractivity contribution in [3.8, 4) is 5.75 Å². The number of hydrogen-bond donors (Lipinski definition) is 1. The van der Waals surface area contributed by atoms with Gasteiger partial charge in [-0.25, -0.2) is 4.79 Å². The topological polar surface area (TPSA) is 71.1 Å². The third kappa shape index (κ3) is 4.27. The second-order valence-electron chi connectivity index (χ2n) is 7.03. The van der Waals surface area contributed by atoms with Crippen LogP contribution < -0.4 is 15.0 Å². The van der Waals surface area contributed by atoms with Gasteiger partial charge in [0.15, 0.2) is 0 Å². The molecule has 0 spiro atoms. The van der Waals surface area contributed by atoms with Gasteiger partial charge < -0.3 is 19.7 Å². The molecule has 2 aliphatic heterocycles. The highest BCUT2D eigenvalue weighted by molar-refractivity contribution is 6.30. The average Bonchev–Trinajstić information content (AvgIpc) is 3.03. The molecule has 3 amide bonds. The first kappa shape index (κ1) is 20.3. The molecule has 2 aliphatic rings. The highest BCUT2D eigenvalue weighted by atomic mass is 35.5. The van der Waals surface area contributed by atoms with E-state index in [-0.39, 0.29) is 18.1 Å². The maximum atomic E-state index is 12.8. The fourth-order valence-electron chi connectivity index (χ4n) is 3.48. The summed E-state index contributed by atoms with van der Waals surface area (Å²) in [7, 11) is 1.59. The molecule has 2 heterocycles. The van der Waals surface area contributed by atoms with E-state index >= 15 is 0 Å². The lowest BCUT2D eigenvalue weighted by atomic mass is 10.1. The predicted molar refractivity (Wildman–Crippen MR) is 115 cm³/mol. The highest BCUT2D eigenvalue weighted by Gasteiger charge is 2.33. The van der Waals surface area contributed by atoms with Crippen molar-refractivity contribution in [2.45, 2.75) is 6.54 Å². The van der Waals surface area contributed by atoms with Crippen molar-refractivity contribution in [3.05, 3.63) is 64.3 Å². The van der Waals surface area contributed by atoms with Crippen LogP contribution in [0.15, 0.2) is 48.2 Å². The van der Waals surface area contributed by atoms with Crippen LogP contribution in [0.4, 0.5) is 10.5 Å². The summed E-state index contributed by atoms with van der Waals surface area (Å²) < 4.78 is 10.9. The monoisotopic (exact) mass is 427 g/mol. The van der Waals surface area contributed by atoms with Crippen LogP contribution in [0.2, 0.25) is 5.02 Å². The van der Waals surface area contributed by atoms with Crippen molar-refractivity contribution in [2.24, 2.45) is 0 Å². The predicted octanol–water partition coefficient (Wildman–Crippen LogP) is 3.28. The van der Waals surface area contributed by atoms with Gasteiger partial charge in [-0.05, 0) is 35.9 Å². The maximum absolute atomic E-state index is 12.8. The number of rotatable bonds is 5. The number of carbonyl (C=O) groups is 2. The van der Waals surface area contributed by atoms with Crippen molar-refractivity contribution in [2.75, 3.05) is 38.3 Å². The third-order valence-electron chi connectivity index (χ3n) is 5.11. The van der Waals surface area contributed by atoms with E-state index in [2.05, 4.69) is 10.2 Å². The van der Waals surface area contributed by atoms with Crippen LogP contribution in [0.1, 0.15) is 11.1 Å². The average molecular weight is 428 g/mol. The van der Waals surface area contributed by atoms with E-state index in [9.17, 15) is 9.59 Å². The molecule has 7 nitrogen and oxygen atoms in total. The molecular weight excluding hydrogens is 406 g/mol. The number of imide groups is 1. The molecule has 2 saturated heterocycles. The van der Waals surface area contributed by atoms with Gasteiger partial charge in [0.05, 0.1) is 26.9 Å². The molecule has 30 heavy (non-hydrogen) atoms. The van der Waals surface area contributed by atoms with Crippen molar-refractivity contribution in [1.29, 1.82) is 0 Å². The van der Waals surface area contributed by atoms with Gasteiger partial charge in [-0.15, -0.1) is 0 Å². The number of carbonyl (C=O) groups excluding carboxylic acids is 2. The Morgan fingerprint density at radius 2 is 1.87 bits per heavy atom. The molecule has 0 unspecified atom stereocenters. The summed E-state index contributed by atoms with van der Waals surface area (Å²) in [5, 5.41) is 3.25. The number of nitrogens with one attached hydrogen (secondary N) is 1. The summed E-state index contributed by atoms with van der Waals surface area (Å²) in [6, 6.07) is 12.4. The molecule has 0 saturated carbocycles. The van der Waals surface area contributed by atoms with Crippen LogP contribution in [0.25, 0.3) is 6.08 Å². The normalized spacial score (nSPS) is 18.1. The largest absolute Gasteiger partial charge is 0.496 e. The quantitative estimate of drug-likeness (QED) is 0.585. The Morgan fingerprint density at radius 3 is 2.57 bits per heavy atom. The van der Waals surface area contributed by atoms with Crippen molar-refractivity contribution in [3.63, 3.8) is 0 Å². The minimum absolute atomic E-state index is 0.173. The fraction of sp³-hybridized carbons (Fsp3) is 0.273. The van der Waals surface area contributed by atoms with Crippen LogP contribution in [-0.2, 0) is 16.1 Å². The molecule has 156 valence electrons. The summed E-state index contributed by atoms with van der Waals surface area (Å²) in [6.45, 7) is 3.19. The van der Waals surface area contributed by atoms with E-state index < -0.39 is 6.03 Å².